The lowest BCUT2D eigenvalue weighted by atomic mass is 9.72. The van der Waals surface area contributed by atoms with E-state index in [0.717, 1.165) is 45.1 Å². The number of hydrogen-bond acceptors (Lipinski definition) is 4. The van der Waals surface area contributed by atoms with Gasteiger partial charge in [-0.15, -0.1) is 0 Å². The Kier molecular flexibility index (Phi) is 3.91. The van der Waals surface area contributed by atoms with Gasteiger partial charge in [-0.1, -0.05) is 18.9 Å². The topological polar surface area (TPSA) is 59.0 Å². The lowest BCUT2D eigenvalue weighted by Crippen LogP contribution is -2.50. The number of fused-ring (bicyclic) bond motifs is 1. The van der Waals surface area contributed by atoms with Crippen molar-refractivity contribution >= 4 is 5.91 Å². The maximum absolute atomic E-state index is 13.2. The number of likely N-dealkylation sites (tertiary alicyclic amines) is 1. The molecule has 1 N–H and O–H groups in total. The van der Waals surface area contributed by atoms with E-state index in [0.29, 0.717) is 17.1 Å². The number of carbonyl (C=O) groups excluding carboxylic acids is 1. The Hall–Kier alpha value is -1.75. The van der Waals surface area contributed by atoms with Crippen LogP contribution in [0.25, 0.3) is 0 Å². The number of aliphatic hydroxyl groups is 1. The van der Waals surface area contributed by atoms with Gasteiger partial charge in [-0.3, -0.25) is 4.79 Å². The SMILES string of the molecule is CC1(O)CCCCC1C1CCCN1C(=O)c1cccc2c1OCO2. The zero-order valence-electron chi connectivity index (χ0n) is 14.2. The van der Waals surface area contributed by atoms with E-state index in [2.05, 4.69) is 0 Å². The average molecular weight is 331 g/mol. The molecular formula is C19H25NO4. The summed E-state index contributed by atoms with van der Waals surface area (Å²) >= 11 is 0. The summed E-state index contributed by atoms with van der Waals surface area (Å²) in [6, 6.07) is 5.59. The maximum Gasteiger partial charge on any atom is 0.258 e. The highest BCUT2D eigenvalue weighted by molar-refractivity contribution is 5.98. The molecule has 2 aliphatic heterocycles. The Bertz CT molecular complexity index is 642. The molecule has 130 valence electrons. The van der Waals surface area contributed by atoms with Crippen molar-refractivity contribution in [3.63, 3.8) is 0 Å². The van der Waals surface area contributed by atoms with E-state index in [4.69, 9.17) is 9.47 Å². The number of benzene rings is 1. The number of ether oxygens (including phenoxy) is 2. The fourth-order valence-electron chi connectivity index (χ4n) is 4.67. The molecule has 5 heteroatoms. The predicted molar refractivity (Wildman–Crippen MR) is 89.2 cm³/mol. The van der Waals surface area contributed by atoms with Crippen LogP contribution in [-0.2, 0) is 0 Å². The van der Waals surface area contributed by atoms with Gasteiger partial charge in [0.15, 0.2) is 11.5 Å². The summed E-state index contributed by atoms with van der Waals surface area (Å²) in [6.45, 7) is 2.86. The van der Waals surface area contributed by atoms with Crippen molar-refractivity contribution in [3.8, 4) is 11.5 Å². The second-order valence-electron chi connectivity index (χ2n) is 7.46. The van der Waals surface area contributed by atoms with Gasteiger partial charge in [0.2, 0.25) is 6.79 Å². The summed E-state index contributed by atoms with van der Waals surface area (Å²) in [6.07, 6.45) is 5.99. The predicted octanol–water partition coefficient (Wildman–Crippen LogP) is 2.96. The zero-order valence-corrected chi connectivity index (χ0v) is 14.2. The molecule has 1 aromatic rings. The molecule has 3 unspecified atom stereocenters. The number of nitrogens with zero attached hydrogens (tertiary/aromatic N) is 1. The van der Waals surface area contributed by atoms with Crippen molar-refractivity contribution in [3.05, 3.63) is 23.8 Å². The molecule has 0 aromatic heterocycles. The molecule has 2 fully saturated rings. The summed E-state index contributed by atoms with van der Waals surface area (Å²) in [5.41, 5.74) is -0.100. The highest BCUT2D eigenvalue weighted by atomic mass is 16.7. The minimum Gasteiger partial charge on any atom is -0.454 e. The number of hydrogen-bond donors (Lipinski definition) is 1. The normalized spacial score (nSPS) is 32.2. The van der Waals surface area contributed by atoms with Crippen LogP contribution in [0, 0.1) is 5.92 Å². The molecule has 0 spiro atoms. The van der Waals surface area contributed by atoms with E-state index in [1.54, 1.807) is 0 Å². The smallest absolute Gasteiger partial charge is 0.258 e. The monoisotopic (exact) mass is 331 g/mol. The van der Waals surface area contributed by atoms with Crippen molar-refractivity contribution in [2.24, 2.45) is 5.92 Å². The average Bonchev–Trinajstić information content (AvgIpc) is 3.22. The lowest BCUT2D eigenvalue weighted by Gasteiger charge is -2.43. The van der Waals surface area contributed by atoms with Crippen LogP contribution in [0.1, 0.15) is 55.8 Å². The van der Waals surface area contributed by atoms with E-state index in [1.165, 1.54) is 0 Å². The van der Waals surface area contributed by atoms with E-state index >= 15 is 0 Å². The molecule has 1 saturated carbocycles. The first-order valence-electron chi connectivity index (χ1n) is 9.00. The first kappa shape index (κ1) is 15.8. The third-order valence-electron chi connectivity index (χ3n) is 5.90. The van der Waals surface area contributed by atoms with Crippen LogP contribution >= 0.6 is 0 Å². The molecule has 3 atom stereocenters. The van der Waals surface area contributed by atoms with Gasteiger partial charge in [0.1, 0.15) is 0 Å². The minimum atomic E-state index is -0.677. The van der Waals surface area contributed by atoms with Crippen LogP contribution in [0.5, 0.6) is 11.5 Å². The lowest BCUT2D eigenvalue weighted by molar-refractivity contribution is -0.0578. The van der Waals surface area contributed by atoms with Crippen LogP contribution in [0.15, 0.2) is 18.2 Å². The number of para-hydroxylation sites is 1. The van der Waals surface area contributed by atoms with Gasteiger partial charge in [-0.25, -0.2) is 0 Å². The molecule has 1 aliphatic carbocycles. The van der Waals surface area contributed by atoms with Crippen LogP contribution < -0.4 is 9.47 Å². The van der Waals surface area contributed by atoms with Crippen LogP contribution in [-0.4, -0.2) is 40.9 Å². The van der Waals surface area contributed by atoms with Gasteiger partial charge in [0.05, 0.1) is 11.2 Å². The number of amides is 1. The largest absolute Gasteiger partial charge is 0.454 e. The molecule has 1 saturated heterocycles. The van der Waals surface area contributed by atoms with Gasteiger partial charge in [-0.2, -0.15) is 0 Å². The van der Waals surface area contributed by atoms with Crippen molar-refractivity contribution in [2.45, 2.75) is 57.1 Å². The summed E-state index contributed by atoms with van der Waals surface area (Å²) < 4.78 is 10.9. The Morgan fingerprint density at radius 3 is 2.96 bits per heavy atom. The standard InChI is InChI=1S/C19H25NO4/c1-19(22)10-3-2-7-14(19)15-8-5-11-20(15)18(21)13-6-4-9-16-17(13)24-12-23-16/h4,6,9,14-15,22H,2-3,5,7-8,10-12H2,1H3. The first-order valence-corrected chi connectivity index (χ1v) is 9.00. The molecule has 2 heterocycles. The zero-order chi connectivity index (χ0) is 16.7. The minimum absolute atomic E-state index is 0.00113. The maximum atomic E-state index is 13.2. The Labute approximate surface area is 142 Å². The van der Waals surface area contributed by atoms with Crippen LogP contribution in [0.3, 0.4) is 0 Å². The van der Waals surface area contributed by atoms with E-state index < -0.39 is 5.60 Å². The highest BCUT2D eigenvalue weighted by Gasteiger charge is 2.45. The van der Waals surface area contributed by atoms with Gasteiger partial charge in [-0.05, 0) is 44.7 Å². The second kappa shape index (κ2) is 5.96. The van der Waals surface area contributed by atoms with Crippen molar-refractivity contribution < 1.29 is 19.4 Å². The van der Waals surface area contributed by atoms with Gasteiger partial charge < -0.3 is 19.5 Å². The van der Waals surface area contributed by atoms with E-state index in [-0.39, 0.29) is 24.7 Å². The van der Waals surface area contributed by atoms with Crippen LogP contribution in [0.2, 0.25) is 0 Å². The summed E-state index contributed by atoms with van der Waals surface area (Å²) in [4.78, 5) is 15.1. The molecular weight excluding hydrogens is 306 g/mol. The molecule has 4 rings (SSSR count). The van der Waals surface area contributed by atoms with Crippen LogP contribution in [0.4, 0.5) is 0 Å². The molecule has 24 heavy (non-hydrogen) atoms. The molecule has 5 nitrogen and oxygen atoms in total. The molecule has 0 radical (unpaired) electrons. The second-order valence-corrected chi connectivity index (χ2v) is 7.46. The summed E-state index contributed by atoms with van der Waals surface area (Å²) in [7, 11) is 0. The van der Waals surface area contributed by atoms with E-state index in [9.17, 15) is 9.90 Å². The summed E-state index contributed by atoms with van der Waals surface area (Å²) in [5.74, 6) is 1.36. The third kappa shape index (κ3) is 2.55. The fourth-order valence-corrected chi connectivity index (χ4v) is 4.67. The summed E-state index contributed by atoms with van der Waals surface area (Å²) in [5, 5.41) is 10.8. The Balaban J connectivity index is 1.61. The quantitative estimate of drug-likeness (QED) is 0.905. The fraction of sp³-hybridized carbons (Fsp3) is 0.632. The Morgan fingerprint density at radius 1 is 1.25 bits per heavy atom. The Morgan fingerprint density at radius 2 is 2.12 bits per heavy atom. The van der Waals surface area contributed by atoms with Gasteiger partial charge in [0.25, 0.3) is 5.91 Å². The van der Waals surface area contributed by atoms with E-state index in [1.807, 2.05) is 30.0 Å². The van der Waals surface area contributed by atoms with Gasteiger partial charge in [0, 0.05) is 18.5 Å². The van der Waals surface area contributed by atoms with Crippen molar-refractivity contribution in [2.75, 3.05) is 13.3 Å². The molecule has 1 aromatic carbocycles. The molecule has 3 aliphatic rings. The molecule has 0 bridgehead atoms. The number of rotatable bonds is 2. The molecule has 1 amide bonds. The van der Waals surface area contributed by atoms with Crippen molar-refractivity contribution in [1.29, 1.82) is 0 Å². The first-order chi connectivity index (χ1) is 11.6. The van der Waals surface area contributed by atoms with Crippen molar-refractivity contribution in [1.82, 2.24) is 4.90 Å². The number of carbonyl (C=O) groups is 1. The highest BCUT2D eigenvalue weighted by Crippen LogP contribution is 2.42. The third-order valence-corrected chi connectivity index (χ3v) is 5.90. The van der Waals surface area contributed by atoms with Gasteiger partial charge >= 0.3 is 0 Å².